The summed E-state index contributed by atoms with van der Waals surface area (Å²) in [7, 11) is 0. The van der Waals surface area contributed by atoms with Crippen LogP contribution in [0.1, 0.15) is 28.2 Å². The molecule has 0 atom stereocenters. The Hall–Kier alpha value is -2.91. The Balaban J connectivity index is 1.44. The van der Waals surface area contributed by atoms with Gasteiger partial charge in [0.2, 0.25) is 0 Å². The molecule has 1 saturated carbocycles. The third-order valence-electron chi connectivity index (χ3n) is 4.32. The van der Waals surface area contributed by atoms with Gasteiger partial charge in [-0.05, 0) is 50.1 Å². The molecule has 0 aliphatic heterocycles. The molecule has 0 radical (unpaired) electrons. The van der Waals surface area contributed by atoms with Gasteiger partial charge in [-0.2, -0.15) is 5.10 Å². The lowest BCUT2D eigenvalue weighted by atomic mass is 10.3. The zero-order valence-electron chi connectivity index (χ0n) is 15.4. The number of rotatable bonds is 5. The second kappa shape index (κ2) is 7.84. The summed E-state index contributed by atoms with van der Waals surface area (Å²) in [6.07, 6.45) is 1.82. The van der Waals surface area contributed by atoms with E-state index in [9.17, 15) is 14.4 Å². The van der Waals surface area contributed by atoms with Crippen molar-refractivity contribution in [1.82, 2.24) is 20.4 Å². The number of aromatic nitrogens is 2. The lowest BCUT2D eigenvalue weighted by Crippen LogP contribution is -2.42. The van der Waals surface area contributed by atoms with Crippen LogP contribution in [0.3, 0.4) is 0 Å². The van der Waals surface area contributed by atoms with E-state index in [1.807, 2.05) is 19.1 Å². The lowest BCUT2D eigenvalue weighted by Gasteiger charge is -2.06. The third-order valence-corrected chi connectivity index (χ3v) is 5.66. The van der Waals surface area contributed by atoms with Crippen LogP contribution in [0, 0.1) is 6.92 Å². The number of hydrogen-bond acceptors (Lipinski definition) is 6. The molecule has 0 bridgehead atoms. The Morgan fingerprint density at radius 3 is 2.69 bits per heavy atom. The van der Waals surface area contributed by atoms with Gasteiger partial charge in [0.15, 0.2) is 6.61 Å². The second-order valence-electron chi connectivity index (χ2n) is 6.68. The van der Waals surface area contributed by atoms with E-state index in [0.717, 1.165) is 34.4 Å². The molecule has 2 heterocycles. The molecule has 0 saturated heterocycles. The summed E-state index contributed by atoms with van der Waals surface area (Å²) in [6.45, 7) is 1.32. The number of amides is 3. The molecule has 4 rings (SSSR count). The predicted molar refractivity (Wildman–Crippen MR) is 109 cm³/mol. The maximum atomic E-state index is 12.4. The molecule has 1 aromatic carbocycles. The van der Waals surface area contributed by atoms with Crippen LogP contribution in [0.15, 0.2) is 30.3 Å². The summed E-state index contributed by atoms with van der Waals surface area (Å²) in [5.74, 6) is -1.31. The highest BCUT2D eigenvalue weighted by Crippen LogP contribution is 2.31. The molecular formula is C19H17ClN4O4S. The van der Waals surface area contributed by atoms with E-state index in [1.165, 1.54) is 11.3 Å². The first-order valence-corrected chi connectivity index (χ1v) is 10.1. The van der Waals surface area contributed by atoms with Crippen LogP contribution in [0.4, 0.5) is 4.79 Å². The Labute approximate surface area is 174 Å². The van der Waals surface area contributed by atoms with Crippen molar-refractivity contribution >= 4 is 51.1 Å². The number of carbonyl (C=O) groups excluding carboxylic acids is 3. The van der Waals surface area contributed by atoms with Crippen molar-refractivity contribution in [2.24, 2.45) is 0 Å². The number of esters is 1. The van der Waals surface area contributed by atoms with E-state index >= 15 is 0 Å². The van der Waals surface area contributed by atoms with Crippen molar-refractivity contribution in [3.63, 3.8) is 0 Å². The highest BCUT2D eigenvalue weighted by molar-refractivity contribution is 7.20. The van der Waals surface area contributed by atoms with Gasteiger partial charge in [0.05, 0.1) is 11.4 Å². The number of ether oxygens (including phenoxy) is 1. The third kappa shape index (κ3) is 4.41. The number of carbonyl (C=O) groups is 3. The summed E-state index contributed by atoms with van der Waals surface area (Å²) in [6, 6.07) is 8.45. The molecule has 8 nitrogen and oxygen atoms in total. The Bertz CT molecular complexity index is 1100. The first-order chi connectivity index (χ1) is 13.9. The number of imide groups is 1. The lowest BCUT2D eigenvalue weighted by molar-refractivity contribution is -0.123. The van der Waals surface area contributed by atoms with Gasteiger partial charge >= 0.3 is 12.0 Å². The molecule has 1 aliphatic rings. The van der Waals surface area contributed by atoms with Crippen LogP contribution < -0.4 is 10.6 Å². The zero-order valence-corrected chi connectivity index (χ0v) is 17.0. The number of benzene rings is 1. The molecule has 2 aromatic heterocycles. The Morgan fingerprint density at radius 1 is 1.28 bits per heavy atom. The largest absolute Gasteiger partial charge is 0.451 e. The molecule has 0 unspecified atom stereocenters. The standard InChI is InChI=1S/C19H17ClN4O4S/c1-10-14-8-15(18(26)28-9-16(25)22-19(27)21-12-4-5-12)29-17(14)24(23-10)13-6-2-11(20)3-7-13/h2-3,6-8,12H,4-5,9H2,1H3,(H2,21,22,25,27). The van der Waals surface area contributed by atoms with Crippen LogP contribution in [-0.4, -0.2) is 40.3 Å². The molecule has 3 amide bonds. The van der Waals surface area contributed by atoms with Crippen molar-refractivity contribution in [1.29, 1.82) is 0 Å². The summed E-state index contributed by atoms with van der Waals surface area (Å²) >= 11 is 7.16. The van der Waals surface area contributed by atoms with E-state index in [2.05, 4.69) is 15.7 Å². The van der Waals surface area contributed by atoms with E-state index in [1.54, 1.807) is 22.9 Å². The van der Waals surface area contributed by atoms with Gasteiger partial charge in [-0.3, -0.25) is 10.1 Å². The molecule has 1 fully saturated rings. The average molecular weight is 433 g/mol. The molecule has 2 N–H and O–H groups in total. The van der Waals surface area contributed by atoms with Crippen molar-refractivity contribution in [2.45, 2.75) is 25.8 Å². The van der Waals surface area contributed by atoms with Gasteiger partial charge in [-0.15, -0.1) is 11.3 Å². The molecule has 1 aliphatic carbocycles. The van der Waals surface area contributed by atoms with E-state index in [0.29, 0.717) is 9.90 Å². The molecule has 29 heavy (non-hydrogen) atoms. The summed E-state index contributed by atoms with van der Waals surface area (Å²) in [5.41, 5.74) is 1.58. The van der Waals surface area contributed by atoms with Crippen molar-refractivity contribution in [3.8, 4) is 5.69 Å². The van der Waals surface area contributed by atoms with Gasteiger partial charge in [-0.25, -0.2) is 14.3 Å². The van der Waals surface area contributed by atoms with Gasteiger partial charge in [0.1, 0.15) is 9.71 Å². The van der Waals surface area contributed by atoms with Crippen molar-refractivity contribution < 1.29 is 19.1 Å². The van der Waals surface area contributed by atoms with Crippen molar-refractivity contribution in [2.75, 3.05) is 6.61 Å². The second-order valence-corrected chi connectivity index (χ2v) is 8.14. The maximum Gasteiger partial charge on any atom is 0.348 e. The van der Waals surface area contributed by atoms with Gasteiger partial charge in [0, 0.05) is 16.5 Å². The minimum absolute atomic E-state index is 0.132. The number of hydrogen-bond donors (Lipinski definition) is 2. The van der Waals surface area contributed by atoms with Gasteiger partial charge in [-0.1, -0.05) is 11.6 Å². The fourth-order valence-electron chi connectivity index (χ4n) is 2.72. The number of urea groups is 1. The van der Waals surface area contributed by atoms with Crippen LogP contribution in [0.5, 0.6) is 0 Å². The van der Waals surface area contributed by atoms with E-state index in [-0.39, 0.29) is 6.04 Å². The van der Waals surface area contributed by atoms with Crippen LogP contribution >= 0.6 is 22.9 Å². The molecule has 0 spiro atoms. The number of nitrogens with one attached hydrogen (secondary N) is 2. The van der Waals surface area contributed by atoms with Crippen LogP contribution in [-0.2, 0) is 9.53 Å². The zero-order chi connectivity index (χ0) is 20.5. The smallest absolute Gasteiger partial charge is 0.348 e. The minimum Gasteiger partial charge on any atom is -0.451 e. The fraction of sp³-hybridized carbons (Fsp3) is 0.263. The highest BCUT2D eigenvalue weighted by atomic mass is 35.5. The van der Waals surface area contributed by atoms with Crippen molar-refractivity contribution in [3.05, 3.63) is 45.9 Å². The monoisotopic (exact) mass is 432 g/mol. The fourth-order valence-corrected chi connectivity index (χ4v) is 3.92. The number of nitrogens with zero attached hydrogens (tertiary/aromatic N) is 2. The summed E-state index contributed by atoms with van der Waals surface area (Å²) in [5, 5.41) is 10.7. The number of thiophene rings is 1. The van der Waals surface area contributed by atoms with E-state index < -0.39 is 24.5 Å². The quantitative estimate of drug-likeness (QED) is 0.603. The number of halogens is 1. The highest BCUT2D eigenvalue weighted by Gasteiger charge is 2.24. The summed E-state index contributed by atoms with van der Waals surface area (Å²) < 4.78 is 6.78. The Morgan fingerprint density at radius 2 is 2.00 bits per heavy atom. The van der Waals surface area contributed by atoms with Gasteiger partial charge in [0.25, 0.3) is 5.91 Å². The predicted octanol–water partition coefficient (Wildman–Crippen LogP) is 3.19. The van der Waals surface area contributed by atoms with E-state index in [4.69, 9.17) is 16.3 Å². The Kier molecular flexibility index (Phi) is 5.25. The molecule has 150 valence electrons. The normalized spacial score (nSPS) is 13.3. The van der Waals surface area contributed by atoms with Crippen LogP contribution in [0.25, 0.3) is 15.9 Å². The number of aryl methyl sites for hydroxylation is 1. The van der Waals surface area contributed by atoms with Gasteiger partial charge < -0.3 is 10.1 Å². The maximum absolute atomic E-state index is 12.4. The first kappa shape index (κ1) is 19.4. The topological polar surface area (TPSA) is 102 Å². The minimum atomic E-state index is -0.680. The molecular weight excluding hydrogens is 416 g/mol. The number of fused-ring (bicyclic) bond motifs is 1. The SMILES string of the molecule is Cc1nn(-c2ccc(Cl)cc2)c2sc(C(=O)OCC(=O)NC(=O)NC3CC3)cc12. The van der Waals surface area contributed by atoms with Crippen LogP contribution in [0.2, 0.25) is 5.02 Å². The molecule has 3 aromatic rings. The summed E-state index contributed by atoms with van der Waals surface area (Å²) in [4.78, 5) is 36.8. The molecule has 10 heteroatoms. The first-order valence-electron chi connectivity index (χ1n) is 8.93. The average Bonchev–Trinajstić information content (AvgIpc) is 3.28.